The number of esters is 2. The van der Waals surface area contributed by atoms with Crippen molar-refractivity contribution in [2.75, 3.05) is 13.6 Å². The van der Waals surface area contributed by atoms with Gasteiger partial charge in [0.15, 0.2) is 5.06 Å². The molecule has 126 valence electrons. The average Bonchev–Trinajstić information content (AvgIpc) is 2.97. The quantitative estimate of drug-likeness (QED) is 0.797. The third kappa shape index (κ3) is 3.49. The highest BCUT2D eigenvalue weighted by Crippen LogP contribution is 2.36. The number of rotatable bonds is 4. The molecular formula is C18H19NO4S. The Balaban J connectivity index is 1.84. The standard InChI is InChI=1S/C18H19NO4S/c1-12(20)23-16-10-14-11-19(9-8-15(14)24-16)17(18(21)22-2)13-6-4-3-5-7-13/h3-7,10,17H,8-9,11H2,1-2H3/t17-/m0/s1/i2D. The number of carbonyl (C=O) groups excluding carboxylic acids is 2. The summed E-state index contributed by atoms with van der Waals surface area (Å²) < 4.78 is 17.3. The lowest BCUT2D eigenvalue weighted by atomic mass is 10.0. The first-order valence-corrected chi connectivity index (χ1v) is 8.45. The zero-order valence-corrected chi connectivity index (χ0v) is 14.2. The molecule has 1 aromatic carbocycles. The molecule has 0 spiro atoms. The molecule has 1 atom stereocenters. The summed E-state index contributed by atoms with van der Waals surface area (Å²) in [5, 5.41) is 0.587. The monoisotopic (exact) mass is 346 g/mol. The van der Waals surface area contributed by atoms with E-state index in [1.165, 1.54) is 23.1 Å². The van der Waals surface area contributed by atoms with Gasteiger partial charge in [0, 0.05) is 24.9 Å². The van der Waals surface area contributed by atoms with E-state index >= 15 is 0 Å². The molecule has 2 aromatic rings. The van der Waals surface area contributed by atoms with E-state index in [0.717, 1.165) is 17.5 Å². The Morgan fingerprint density at radius 2 is 2.12 bits per heavy atom. The number of methoxy groups -OCH3 is 1. The lowest BCUT2D eigenvalue weighted by Crippen LogP contribution is -2.38. The Morgan fingerprint density at radius 1 is 1.33 bits per heavy atom. The third-order valence-electron chi connectivity index (χ3n) is 3.96. The maximum absolute atomic E-state index is 12.5. The normalized spacial score (nSPS) is 16.0. The van der Waals surface area contributed by atoms with E-state index in [1.54, 1.807) is 0 Å². The van der Waals surface area contributed by atoms with Crippen molar-refractivity contribution in [1.29, 1.82) is 0 Å². The third-order valence-corrected chi connectivity index (χ3v) is 5.08. The van der Waals surface area contributed by atoms with Gasteiger partial charge >= 0.3 is 11.9 Å². The summed E-state index contributed by atoms with van der Waals surface area (Å²) in [6.07, 6.45) is 0.777. The van der Waals surface area contributed by atoms with Crippen LogP contribution in [-0.2, 0) is 27.3 Å². The van der Waals surface area contributed by atoms with Crippen molar-refractivity contribution in [3.63, 3.8) is 0 Å². The van der Waals surface area contributed by atoms with E-state index in [9.17, 15) is 9.59 Å². The van der Waals surface area contributed by atoms with Gasteiger partial charge in [0.1, 0.15) is 6.04 Å². The van der Waals surface area contributed by atoms with Crippen molar-refractivity contribution in [1.82, 2.24) is 4.90 Å². The van der Waals surface area contributed by atoms with Crippen LogP contribution in [0.2, 0.25) is 0 Å². The molecule has 0 N–H and O–H groups in total. The molecule has 0 saturated carbocycles. The summed E-state index contributed by atoms with van der Waals surface area (Å²) in [5.74, 6) is -0.753. The molecule has 1 aromatic heterocycles. The van der Waals surface area contributed by atoms with Crippen LogP contribution in [0.15, 0.2) is 36.4 Å². The molecule has 0 unspecified atom stereocenters. The second kappa shape index (κ2) is 7.15. The van der Waals surface area contributed by atoms with E-state index in [4.69, 9.17) is 10.8 Å². The van der Waals surface area contributed by atoms with E-state index in [-0.39, 0.29) is 5.97 Å². The molecular weight excluding hydrogens is 326 g/mol. The van der Waals surface area contributed by atoms with Crippen molar-refractivity contribution in [3.05, 3.63) is 52.4 Å². The van der Waals surface area contributed by atoms with Crippen molar-refractivity contribution >= 4 is 23.3 Å². The highest BCUT2D eigenvalue weighted by atomic mass is 32.1. The average molecular weight is 346 g/mol. The van der Waals surface area contributed by atoms with Crippen LogP contribution in [0.3, 0.4) is 0 Å². The summed E-state index contributed by atoms with van der Waals surface area (Å²) in [5.41, 5.74) is 1.91. The molecule has 0 amide bonds. The van der Waals surface area contributed by atoms with Crippen LogP contribution in [0.1, 0.15) is 30.3 Å². The fourth-order valence-corrected chi connectivity index (χ4v) is 4.00. The van der Waals surface area contributed by atoms with E-state index in [0.29, 0.717) is 18.2 Å². The van der Waals surface area contributed by atoms with Crippen molar-refractivity contribution in [2.45, 2.75) is 25.9 Å². The highest BCUT2D eigenvalue weighted by Gasteiger charge is 2.32. The molecule has 1 aliphatic heterocycles. The predicted octanol–water partition coefficient (Wildman–Crippen LogP) is 2.95. The fourth-order valence-electron chi connectivity index (χ4n) is 2.95. The molecule has 0 fully saturated rings. The van der Waals surface area contributed by atoms with Crippen molar-refractivity contribution in [3.8, 4) is 5.06 Å². The Bertz CT molecular complexity index is 762. The molecule has 0 radical (unpaired) electrons. The van der Waals surface area contributed by atoms with Gasteiger partial charge in [0.2, 0.25) is 0 Å². The summed E-state index contributed by atoms with van der Waals surface area (Å²) in [4.78, 5) is 26.8. The molecule has 0 saturated heterocycles. The summed E-state index contributed by atoms with van der Waals surface area (Å²) in [6.45, 7) is 2.65. The number of hydrogen-bond acceptors (Lipinski definition) is 6. The van der Waals surface area contributed by atoms with Gasteiger partial charge in [0.05, 0.1) is 8.46 Å². The smallest absolute Gasteiger partial charge is 0.327 e. The molecule has 1 aliphatic rings. The van der Waals surface area contributed by atoms with E-state index in [2.05, 4.69) is 0 Å². The molecule has 24 heavy (non-hydrogen) atoms. The number of ether oxygens (including phenoxy) is 2. The SMILES string of the molecule is [2H]COC(=O)[C@H](c1ccccc1)N1CCc2sc(OC(C)=O)cc2C1. The first-order valence-electron chi connectivity index (χ1n) is 8.34. The van der Waals surface area contributed by atoms with Gasteiger partial charge in [-0.2, -0.15) is 0 Å². The minimum absolute atomic E-state index is 0.336. The van der Waals surface area contributed by atoms with Gasteiger partial charge in [-0.1, -0.05) is 30.3 Å². The van der Waals surface area contributed by atoms with E-state index in [1.807, 2.05) is 41.3 Å². The topological polar surface area (TPSA) is 55.8 Å². The Morgan fingerprint density at radius 3 is 2.83 bits per heavy atom. The zero-order valence-electron chi connectivity index (χ0n) is 14.4. The number of benzene rings is 1. The molecule has 2 heterocycles. The Hall–Kier alpha value is -2.18. The second-order valence-corrected chi connectivity index (χ2v) is 6.70. The molecule has 0 bridgehead atoms. The van der Waals surface area contributed by atoms with E-state index < -0.39 is 19.1 Å². The first kappa shape index (κ1) is 15.4. The van der Waals surface area contributed by atoms with Crippen molar-refractivity contribution in [2.24, 2.45) is 0 Å². The van der Waals surface area contributed by atoms with Crippen LogP contribution in [-0.4, -0.2) is 30.5 Å². The Labute approximate surface area is 146 Å². The lowest BCUT2D eigenvalue weighted by molar-refractivity contribution is -0.147. The highest BCUT2D eigenvalue weighted by molar-refractivity contribution is 7.14. The predicted molar refractivity (Wildman–Crippen MR) is 90.9 cm³/mol. The lowest BCUT2D eigenvalue weighted by Gasteiger charge is -2.32. The van der Waals surface area contributed by atoms with Gasteiger partial charge in [-0.25, -0.2) is 4.79 Å². The summed E-state index contributed by atoms with van der Waals surface area (Å²) in [7, 11) is -0.393. The first-order chi connectivity index (χ1) is 12.1. The summed E-state index contributed by atoms with van der Waals surface area (Å²) in [6, 6.07) is 10.8. The van der Waals surface area contributed by atoms with Crippen LogP contribution >= 0.6 is 11.3 Å². The van der Waals surface area contributed by atoms with Gasteiger partial charge < -0.3 is 9.47 Å². The van der Waals surface area contributed by atoms with Crippen LogP contribution in [0, 0.1) is 0 Å². The molecule has 3 rings (SSSR count). The number of fused-ring (bicyclic) bond motifs is 1. The minimum Gasteiger partial charge on any atom is -0.468 e. The van der Waals surface area contributed by atoms with Crippen LogP contribution in [0.4, 0.5) is 0 Å². The summed E-state index contributed by atoms with van der Waals surface area (Å²) >= 11 is 1.48. The molecule has 0 aliphatic carbocycles. The maximum Gasteiger partial charge on any atom is 0.327 e. The fraction of sp³-hybridized carbons (Fsp3) is 0.333. The zero-order chi connectivity index (χ0) is 17.8. The van der Waals surface area contributed by atoms with Crippen LogP contribution in [0.25, 0.3) is 0 Å². The van der Waals surface area contributed by atoms with Gasteiger partial charge in [-0.3, -0.25) is 9.69 Å². The second-order valence-electron chi connectivity index (χ2n) is 5.60. The van der Waals surface area contributed by atoms with Gasteiger partial charge in [-0.15, -0.1) is 11.3 Å². The van der Waals surface area contributed by atoms with Gasteiger partial charge in [-0.05, 0) is 23.6 Å². The number of carbonyl (C=O) groups is 2. The van der Waals surface area contributed by atoms with Gasteiger partial charge in [0.25, 0.3) is 0 Å². The van der Waals surface area contributed by atoms with Crippen LogP contribution < -0.4 is 4.74 Å². The van der Waals surface area contributed by atoms with Crippen LogP contribution in [0.5, 0.6) is 5.06 Å². The molecule has 6 heteroatoms. The number of hydrogen-bond donors (Lipinski definition) is 0. The largest absolute Gasteiger partial charge is 0.468 e. The maximum atomic E-state index is 12.5. The van der Waals surface area contributed by atoms with Crippen molar-refractivity contribution < 1.29 is 20.4 Å². The number of nitrogens with zero attached hydrogens (tertiary/aromatic N) is 1. The molecule has 5 nitrogen and oxygen atoms in total. The Kier molecular flexibility index (Phi) is 4.57. The minimum atomic E-state index is -0.545. The number of thiophene rings is 1.